The van der Waals surface area contributed by atoms with Crippen LogP contribution >= 0.6 is 23.2 Å². The van der Waals surface area contributed by atoms with Crippen molar-refractivity contribution in [1.82, 2.24) is 5.32 Å². The number of ether oxygens (including phenoxy) is 1. The number of aryl methyl sites for hydroxylation is 1. The predicted molar refractivity (Wildman–Crippen MR) is 118 cm³/mol. The molecule has 0 radical (unpaired) electrons. The average molecular weight is 459 g/mol. The van der Waals surface area contributed by atoms with Crippen LogP contribution in [-0.4, -0.2) is 40.3 Å². The number of para-hydroxylation sites is 1. The molecule has 6 nitrogen and oxygen atoms in total. The summed E-state index contributed by atoms with van der Waals surface area (Å²) in [7, 11) is -3.71. The van der Waals surface area contributed by atoms with Gasteiger partial charge in [-0.1, -0.05) is 41.4 Å². The van der Waals surface area contributed by atoms with Gasteiger partial charge in [0.25, 0.3) is 0 Å². The molecular weight excluding hydrogens is 435 g/mol. The van der Waals surface area contributed by atoms with Crippen molar-refractivity contribution in [3.8, 4) is 5.75 Å². The summed E-state index contributed by atoms with van der Waals surface area (Å²) >= 11 is 12.0. The van der Waals surface area contributed by atoms with E-state index in [0.717, 1.165) is 28.3 Å². The van der Waals surface area contributed by atoms with Crippen molar-refractivity contribution in [2.24, 2.45) is 0 Å². The van der Waals surface area contributed by atoms with Gasteiger partial charge in [0.15, 0.2) is 0 Å². The Bertz CT molecular complexity index is 951. The first kappa shape index (κ1) is 23.3. The van der Waals surface area contributed by atoms with Crippen LogP contribution in [0.5, 0.6) is 5.75 Å². The van der Waals surface area contributed by atoms with Gasteiger partial charge in [-0.15, -0.1) is 0 Å². The molecule has 0 heterocycles. The zero-order valence-electron chi connectivity index (χ0n) is 16.3. The molecule has 0 unspecified atom stereocenters. The molecule has 2 aromatic rings. The fourth-order valence-corrected chi connectivity index (χ4v) is 4.19. The number of benzene rings is 2. The first-order chi connectivity index (χ1) is 13.7. The Kier molecular flexibility index (Phi) is 8.61. The number of hydrogen-bond acceptors (Lipinski definition) is 4. The molecule has 1 N–H and O–H groups in total. The number of sulfonamides is 1. The average Bonchev–Trinajstić information content (AvgIpc) is 2.64. The molecule has 0 aromatic heterocycles. The number of carbonyl (C=O) groups is 1. The van der Waals surface area contributed by atoms with Crippen LogP contribution in [0.15, 0.2) is 42.5 Å². The maximum atomic E-state index is 12.3. The van der Waals surface area contributed by atoms with Gasteiger partial charge in [-0.2, -0.15) is 0 Å². The van der Waals surface area contributed by atoms with E-state index < -0.39 is 15.9 Å². The third-order valence-electron chi connectivity index (χ3n) is 4.08. The number of rotatable bonds is 10. The Morgan fingerprint density at radius 3 is 2.55 bits per heavy atom. The van der Waals surface area contributed by atoms with Gasteiger partial charge in [-0.3, -0.25) is 9.10 Å². The second kappa shape index (κ2) is 10.7. The molecular formula is C20H24Cl2N2O4S. The number of anilines is 1. The Hall–Kier alpha value is -1.96. The van der Waals surface area contributed by atoms with E-state index in [1.165, 1.54) is 18.2 Å². The van der Waals surface area contributed by atoms with Gasteiger partial charge in [0.2, 0.25) is 15.9 Å². The molecule has 1 amide bonds. The summed E-state index contributed by atoms with van der Waals surface area (Å²) in [6, 6.07) is 12.2. The first-order valence-electron chi connectivity index (χ1n) is 9.12. The van der Waals surface area contributed by atoms with E-state index in [2.05, 4.69) is 5.32 Å². The topological polar surface area (TPSA) is 75.7 Å². The van der Waals surface area contributed by atoms with E-state index in [4.69, 9.17) is 27.9 Å². The van der Waals surface area contributed by atoms with Crippen LogP contribution < -0.4 is 14.4 Å². The van der Waals surface area contributed by atoms with Crippen molar-refractivity contribution < 1.29 is 17.9 Å². The third kappa shape index (κ3) is 7.10. The molecule has 0 spiro atoms. The highest BCUT2D eigenvalue weighted by atomic mass is 35.5. The van der Waals surface area contributed by atoms with Gasteiger partial charge < -0.3 is 10.1 Å². The lowest BCUT2D eigenvalue weighted by Gasteiger charge is -2.23. The summed E-state index contributed by atoms with van der Waals surface area (Å²) in [5.74, 6) is 0.418. The Labute approximate surface area is 181 Å². The Morgan fingerprint density at radius 1 is 1.17 bits per heavy atom. The monoisotopic (exact) mass is 458 g/mol. The van der Waals surface area contributed by atoms with Gasteiger partial charge in [0.05, 0.1) is 23.6 Å². The molecule has 0 atom stereocenters. The molecule has 9 heteroatoms. The van der Waals surface area contributed by atoms with Crippen LogP contribution in [0.1, 0.15) is 18.9 Å². The van der Waals surface area contributed by atoms with Crippen molar-refractivity contribution in [1.29, 1.82) is 0 Å². The number of nitrogens with one attached hydrogen (secondary N) is 1. The lowest BCUT2D eigenvalue weighted by atomic mass is 10.1. The minimum Gasteiger partial charge on any atom is -0.494 e. The highest BCUT2D eigenvalue weighted by Gasteiger charge is 2.23. The maximum absolute atomic E-state index is 12.3. The lowest BCUT2D eigenvalue weighted by molar-refractivity contribution is -0.119. The third-order valence-corrected chi connectivity index (χ3v) is 5.75. The van der Waals surface area contributed by atoms with Crippen LogP contribution in [0, 0.1) is 0 Å². The van der Waals surface area contributed by atoms with Crippen LogP contribution in [0.3, 0.4) is 0 Å². The number of amides is 1. The smallest absolute Gasteiger partial charge is 0.240 e. The standard InChI is InChI=1S/C20H24Cl2N2O4S/c1-3-28-19-9-5-4-7-15(19)8-6-12-23-20(25)14-24(29(2,26)27)18-11-10-16(21)13-17(18)22/h4-5,7,9-11,13H,3,6,8,12,14H2,1-2H3,(H,23,25). The highest BCUT2D eigenvalue weighted by molar-refractivity contribution is 7.92. The lowest BCUT2D eigenvalue weighted by Crippen LogP contribution is -2.40. The highest BCUT2D eigenvalue weighted by Crippen LogP contribution is 2.30. The molecule has 29 heavy (non-hydrogen) atoms. The summed E-state index contributed by atoms with van der Waals surface area (Å²) in [4.78, 5) is 12.3. The molecule has 0 aliphatic heterocycles. The summed E-state index contributed by atoms with van der Waals surface area (Å²) in [5, 5.41) is 3.29. The Balaban J connectivity index is 1.94. The largest absolute Gasteiger partial charge is 0.494 e. The molecule has 2 rings (SSSR count). The second-order valence-corrected chi connectivity index (χ2v) is 9.11. The fourth-order valence-electron chi connectivity index (χ4n) is 2.76. The maximum Gasteiger partial charge on any atom is 0.240 e. The normalized spacial score (nSPS) is 11.2. The van der Waals surface area contributed by atoms with Crippen molar-refractivity contribution >= 4 is 44.8 Å². The van der Waals surface area contributed by atoms with Crippen LogP contribution in [0.25, 0.3) is 0 Å². The van der Waals surface area contributed by atoms with E-state index in [1.807, 2.05) is 31.2 Å². The molecule has 0 fully saturated rings. The molecule has 0 bridgehead atoms. The van der Waals surface area contributed by atoms with Crippen molar-refractivity contribution in [2.75, 3.05) is 30.3 Å². The first-order valence-corrected chi connectivity index (χ1v) is 11.7. The zero-order chi connectivity index (χ0) is 21.4. The predicted octanol–water partition coefficient (Wildman–Crippen LogP) is 3.91. The summed E-state index contributed by atoms with van der Waals surface area (Å²) < 4.78 is 30.9. The number of nitrogens with zero attached hydrogens (tertiary/aromatic N) is 1. The van der Waals surface area contributed by atoms with E-state index in [1.54, 1.807) is 0 Å². The van der Waals surface area contributed by atoms with Crippen molar-refractivity contribution in [3.05, 3.63) is 58.1 Å². The summed E-state index contributed by atoms with van der Waals surface area (Å²) in [6.45, 7) is 2.56. The van der Waals surface area contributed by atoms with Crippen molar-refractivity contribution in [3.63, 3.8) is 0 Å². The fraction of sp³-hybridized carbons (Fsp3) is 0.350. The molecule has 0 aliphatic rings. The van der Waals surface area contributed by atoms with Gasteiger partial charge >= 0.3 is 0 Å². The number of hydrogen-bond donors (Lipinski definition) is 1. The molecule has 0 saturated carbocycles. The SMILES string of the molecule is CCOc1ccccc1CCCNC(=O)CN(c1ccc(Cl)cc1Cl)S(C)(=O)=O. The van der Waals surface area contributed by atoms with E-state index in [0.29, 0.717) is 24.6 Å². The minimum atomic E-state index is -3.71. The van der Waals surface area contributed by atoms with Gasteiger partial charge in [0.1, 0.15) is 12.3 Å². The summed E-state index contributed by atoms with van der Waals surface area (Å²) in [5.41, 5.74) is 1.27. The molecule has 2 aromatic carbocycles. The van der Waals surface area contributed by atoms with Crippen molar-refractivity contribution in [2.45, 2.75) is 19.8 Å². The van der Waals surface area contributed by atoms with E-state index in [-0.39, 0.29) is 17.3 Å². The zero-order valence-corrected chi connectivity index (χ0v) is 18.6. The Morgan fingerprint density at radius 2 is 1.90 bits per heavy atom. The minimum absolute atomic E-state index is 0.156. The van der Waals surface area contributed by atoms with Crippen LogP contribution in [-0.2, 0) is 21.2 Å². The van der Waals surface area contributed by atoms with Crippen LogP contribution in [0.2, 0.25) is 10.0 Å². The summed E-state index contributed by atoms with van der Waals surface area (Å²) in [6.07, 6.45) is 2.45. The quantitative estimate of drug-likeness (QED) is 0.547. The molecule has 158 valence electrons. The van der Waals surface area contributed by atoms with E-state index in [9.17, 15) is 13.2 Å². The van der Waals surface area contributed by atoms with Gasteiger partial charge in [-0.05, 0) is 49.6 Å². The number of carbonyl (C=O) groups excluding carboxylic acids is 1. The second-order valence-electron chi connectivity index (χ2n) is 6.36. The molecule has 0 aliphatic carbocycles. The van der Waals surface area contributed by atoms with Gasteiger partial charge in [-0.25, -0.2) is 8.42 Å². The molecule has 0 saturated heterocycles. The number of halogens is 2. The van der Waals surface area contributed by atoms with Gasteiger partial charge in [0, 0.05) is 11.6 Å². The van der Waals surface area contributed by atoms with Crippen LogP contribution in [0.4, 0.5) is 5.69 Å². The van der Waals surface area contributed by atoms with E-state index >= 15 is 0 Å².